The zero-order valence-electron chi connectivity index (χ0n) is 10.7. The summed E-state index contributed by atoms with van der Waals surface area (Å²) in [5, 5.41) is 3.60. The Morgan fingerprint density at radius 3 is 2.94 bits per heavy atom. The molecule has 2 aliphatic rings. The summed E-state index contributed by atoms with van der Waals surface area (Å²) in [6.45, 7) is 10.2. The Morgan fingerprint density at radius 2 is 2.25 bits per heavy atom. The second kappa shape index (κ2) is 5.99. The summed E-state index contributed by atoms with van der Waals surface area (Å²) in [7, 11) is 0. The maximum absolute atomic E-state index is 5.81. The van der Waals surface area contributed by atoms with Crippen LogP contribution < -0.4 is 5.32 Å². The van der Waals surface area contributed by atoms with Crippen molar-refractivity contribution in [3.8, 4) is 0 Å². The maximum atomic E-state index is 5.81. The molecule has 3 heteroatoms. The van der Waals surface area contributed by atoms with Crippen LogP contribution in [0, 0.1) is 5.92 Å². The summed E-state index contributed by atoms with van der Waals surface area (Å²) in [6.07, 6.45) is 4.37. The Balaban J connectivity index is 1.75. The van der Waals surface area contributed by atoms with Gasteiger partial charge in [0.2, 0.25) is 0 Å². The highest BCUT2D eigenvalue weighted by Gasteiger charge is 2.24. The highest BCUT2D eigenvalue weighted by Crippen LogP contribution is 2.15. The van der Waals surface area contributed by atoms with Gasteiger partial charge in [0, 0.05) is 38.8 Å². The zero-order valence-corrected chi connectivity index (χ0v) is 10.7. The molecule has 0 amide bonds. The van der Waals surface area contributed by atoms with Crippen molar-refractivity contribution in [2.24, 2.45) is 5.92 Å². The van der Waals surface area contributed by atoms with Gasteiger partial charge in [0.25, 0.3) is 0 Å². The predicted molar refractivity (Wildman–Crippen MR) is 66.7 cm³/mol. The molecule has 3 nitrogen and oxygen atoms in total. The third kappa shape index (κ3) is 3.44. The Bertz CT molecular complexity index is 202. The van der Waals surface area contributed by atoms with E-state index in [0.29, 0.717) is 12.1 Å². The lowest BCUT2D eigenvalue weighted by molar-refractivity contribution is -0.0115. The zero-order chi connectivity index (χ0) is 11.4. The van der Waals surface area contributed by atoms with Crippen molar-refractivity contribution < 1.29 is 4.74 Å². The van der Waals surface area contributed by atoms with Gasteiger partial charge in [-0.15, -0.1) is 0 Å². The lowest BCUT2D eigenvalue weighted by Crippen LogP contribution is -2.54. The molecule has 0 aromatic carbocycles. The van der Waals surface area contributed by atoms with Crippen LogP contribution in [-0.2, 0) is 4.74 Å². The summed E-state index contributed by atoms with van der Waals surface area (Å²) in [5.74, 6) is 0.732. The molecule has 2 fully saturated rings. The molecule has 0 aromatic rings. The molecule has 0 aliphatic carbocycles. The van der Waals surface area contributed by atoms with E-state index in [-0.39, 0.29) is 0 Å². The minimum Gasteiger partial charge on any atom is -0.377 e. The molecular formula is C13H26N2O. The van der Waals surface area contributed by atoms with Crippen LogP contribution in [0.1, 0.15) is 33.1 Å². The van der Waals surface area contributed by atoms with E-state index in [1.807, 2.05) is 0 Å². The van der Waals surface area contributed by atoms with Crippen molar-refractivity contribution in [1.29, 1.82) is 0 Å². The smallest absolute Gasteiger partial charge is 0.0702 e. The molecule has 2 atom stereocenters. The molecule has 94 valence electrons. The second-order valence-corrected chi connectivity index (χ2v) is 5.55. The highest BCUT2D eigenvalue weighted by atomic mass is 16.5. The van der Waals surface area contributed by atoms with Crippen molar-refractivity contribution in [3.05, 3.63) is 0 Å². The van der Waals surface area contributed by atoms with Crippen LogP contribution in [0.15, 0.2) is 0 Å². The molecular weight excluding hydrogens is 200 g/mol. The van der Waals surface area contributed by atoms with Crippen molar-refractivity contribution >= 4 is 0 Å². The van der Waals surface area contributed by atoms with Gasteiger partial charge >= 0.3 is 0 Å². The quantitative estimate of drug-likeness (QED) is 0.789. The Kier molecular flexibility index (Phi) is 4.62. The van der Waals surface area contributed by atoms with E-state index in [0.717, 1.165) is 25.6 Å². The van der Waals surface area contributed by atoms with E-state index < -0.39 is 0 Å². The molecule has 0 saturated carbocycles. The first-order valence-corrected chi connectivity index (χ1v) is 6.83. The number of hydrogen-bond donors (Lipinski definition) is 1. The summed E-state index contributed by atoms with van der Waals surface area (Å²) in [6, 6.07) is 0.664. The number of ether oxygens (including phenoxy) is 1. The molecule has 0 aromatic heterocycles. The van der Waals surface area contributed by atoms with Crippen molar-refractivity contribution in [2.45, 2.75) is 45.3 Å². The third-order valence-electron chi connectivity index (χ3n) is 3.83. The highest BCUT2D eigenvalue weighted by molar-refractivity contribution is 4.82. The topological polar surface area (TPSA) is 24.5 Å². The first-order chi connectivity index (χ1) is 7.75. The minimum atomic E-state index is 0.500. The number of nitrogens with one attached hydrogen (secondary N) is 1. The lowest BCUT2D eigenvalue weighted by atomic mass is 10.0. The first-order valence-electron chi connectivity index (χ1n) is 6.83. The maximum Gasteiger partial charge on any atom is 0.0702 e. The Labute approximate surface area is 99.5 Å². The Hall–Kier alpha value is -0.120. The minimum absolute atomic E-state index is 0.500. The van der Waals surface area contributed by atoms with Crippen LogP contribution in [-0.4, -0.2) is 49.8 Å². The van der Waals surface area contributed by atoms with Crippen molar-refractivity contribution in [1.82, 2.24) is 10.2 Å². The van der Waals surface area contributed by atoms with Gasteiger partial charge in [-0.05, 0) is 25.2 Å². The van der Waals surface area contributed by atoms with Crippen LogP contribution in [0.25, 0.3) is 0 Å². The van der Waals surface area contributed by atoms with Crippen LogP contribution in [0.4, 0.5) is 0 Å². The predicted octanol–water partition coefficient (Wildman–Crippen LogP) is 1.49. The fourth-order valence-corrected chi connectivity index (χ4v) is 2.69. The number of hydrogen-bond acceptors (Lipinski definition) is 3. The van der Waals surface area contributed by atoms with Crippen molar-refractivity contribution in [2.75, 3.05) is 32.8 Å². The fourth-order valence-electron chi connectivity index (χ4n) is 2.69. The summed E-state index contributed by atoms with van der Waals surface area (Å²) in [5.41, 5.74) is 0. The summed E-state index contributed by atoms with van der Waals surface area (Å²) >= 11 is 0. The van der Waals surface area contributed by atoms with Crippen molar-refractivity contribution in [3.63, 3.8) is 0 Å². The molecule has 2 heterocycles. The van der Waals surface area contributed by atoms with Gasteiger partial charge in [0.1, 0.15) is 0 Å². The monoisotopic (exact) mass is 226 g/mol. The second-order valence-electron chi connectivity index (χ2n) is 5.55. The first kappa shape index (κ1) is 12.3. The van der Waals surface area contributed by atoms with Crippen LogP contribution in [0.2, 0.25) is 0 Å². The third-order valence-corrected chi connectivity index (χ3v) is 3.83. The SMILES string of the molecule is CC(C)C1CN(CC2CCCCO2)CCN1. The van der Waals surface area contributed by atoms with E-state index in [9.17, 15) is 0 Å². The Morgan fingerprint density at radius 1 is 1.38 bits per heavy atom. The molecule has 0 spiro atoms. The van der Waals surface area contributed by atoms with E-state index in [4.69, 9.17) is 4.74 Å². The molecule has 2 saturated heterocycles. The summed E-state index contributed by atoms with van der Waals surface area (Å²) < 4.78 is 5.81. The average molecular weight is 226 g/mol. The number of rotatable bonds is 3. The van der Waals surface area contributed by atoms with E-state index in [1.54, 1.807) is 0 Å². The van der Waals surface area contributed by atoms with E-state index >= 15 is 0 Å². The van der Waals surface area contributed by atoms with E-state index in [1.165, 1.54) is 32.4 Å². The van der Waals surface area contributed by atoms with E-state index in [2.05, 4.69) is 24.1 Å². The fraction of sp³-hybridized carbons (Fsp3) is 1.00. The van der Waals surface area contributed by atoms with Crippen LogP contribution in [0.5, 0.6) is 0 Å². The molecule has 2 rings (SSSR count). The lowest BCUT2D eigenvalue weighted by Gasteiger charge is -2.38. The van der Waals surface area contributed by atoms with Gasteiger partial charge in [-0.2, -0.15) is 0 Å². The van der Waals surface area contributed by atoms with Crippen LogP contribution in [0.3, 0.4) is 0 Å². The summed E-state index contributed by atoms with van der Waals surface area (Å²) in [4.78, 5) is 2.58. The largest absolute Gasteiger partial charge is 0.377 e. The van der Waals surface area contributed by atoms with Gasteiger partial charge < -0.3 is 10.1 Å². The molecule has 2 unspecified atom stereocenters. The van der Waals surface area contributed by atoms with Gasteiger partial charge in [-0.3, -0.25) is 4.90 Å². The molecule has 1 N–H and O–H groups in total. The molecule has 16 heavy (non-hydrogen) atoms. The molecule has 0 bridgehead atoms. The average Bonchev–Trinajstić information content (AvgIpc) is 2.30. The van der Waals surface area contributed by atoms with Gasteiger partial charge in [-0.25, -0.2) is 0 Å². The van der Waals surface area contributed by atoms with Gasteiger partial charge in [-0.1, -0.05) is 13.8 Å². The number of piperazine rings is 1. The van der Waals surface area contributed by atoms with Gasteiger partial charge in [0.05, 0.1) is 6.10 Å². The standard InChI is InChI=1S/C13H26N2O/c1-11(2)13-10-15(7-6-14-13)9-12-5-3-4-8-16-12/h11-14H,3-10H2,1-2H3. The van der Waals surface area contributed by atoms with Crippen LogP contribution >= 0.6 is 0 Å². The normalized spacial score (nSPS) is 33.2. The molecule has 2 aliphatic heterocycles. The molecule has 0 radical (unpaired) electrons. The van der Waals surface area contributed by atoms with Gasteiger partial charge in [0.15, 0.2) is 0 Å². The number of nitrogens with zero attached hydrogens (tertiary/aromatic N) is 1.